The van der Waals surface area contributed by atoms with E-state index >= 15 is 0 Å². The van der Waals surface area contributed by atoms with E-state index in [1.54, 1.807) is 24.6 Å². The molecule has 2 heterocycles. The Morgan fingerprint density at radius 2 is 2.15 bits per heavy atom. The van der Waals surface area contributed by atoms with Crippen molar-refractivity contribution in [3.8, 4) is 0 Å². The van der Waals surface area contributed by atoms with Crippen LogP contribution in [0.5, 0.6) is 0 Å². The van der Waals surface area contributed by atoms with E-state index in [1.807, 2.05) is 12.1 Å². The Balaban J connectivity index is 1.73. The molecule has 0 aliphatic heterocycles. The molecule has 0 aromatic carbocycles. The topological polar surface area (TPSA) is 50.5 Å². The predicted molar refractivity (Wildman–Crippen MR) is 78.2 cm³/mol. The lowest BCUT2D eigenvalue weighted by Crippen LogP contribution is -2.25. The van der Waals surface area contributed by atoms with Crippen LogP contribution in [0.3, 0.4) is 0 Å². The van der Waals surface area contributed by atoms with E-state index in [9.17, 15) is 8.42 Å². The van der Waals surface area contributed by atoms with Gasteiger partial charge in [0, 0.05) is 13.0 Å². The Morgan fingerprint density at radius 3 is 2.75 bits per heavy atom. The summed E-state index contributed by atoms with van der Waals surface area (Å²) >= 11 is 1.23. The number of hydrogen-bond donors (Lipinski definition) is 0. The molecule has 2 atom stereocenters. The zero-order valence-electron chi connectivity index (χ0n) is 11.4. The van der Waals surface area contributed by atoms with Crippen molar-refractivity contribution in [3.05, 3.63) is 41.2 Å². The van der Waals surface area contributed by atoms with Crippen LogP contribution in [-0.4, -0.2) is 19.8 Å². The lowest BCUT2D eigenvalue weighted by atomic mass is 10.3. The van der Waals surface area contributed by atoms with Crippen LogP contribution >= 0.6 is 11.3 Å². The molecule has 20 heavy (non-hydrogen) atoms. The first-order valence-corrected chi connectivity index (χ1v) is 8.89. The molecular weight excluding hydrogens is 294 g/mol. The molecule has 2 aromatic rings. The first-order valence-electron chi connectivity index (χ1n) is 6.57. The summed E-state index contributed by atoms with van der Waals surface area (Å²) in [4.78, 5) is 0. The van der Waals surface area contributed by atoms with Gasteiger partial charge in [0.2, 0.25) is 0 Å². The molecule has 108 valence electrons. The van der Waals surface area contributed by atoms with E-state index in [1.165, 1.54) is 15.6 Å². The highest BCUT2D eigenvalue weighted by atomic mass is 32.2. The first kappa shape index (κ1) is 13.9. The van der Waals surface area contributed by atoms with Gasteiger partial charge in [-0.2, -0.15) is 4.31 Å². The van der Waals surface area contributed by atoms with Crippen LogP contribution in [0.1, 0.15) is 30.8 Å². The average molecular weight is 311 g/mol. The maximum Gasteiger partial charge on any atom is 0.252 e. The highest BCUT2D eigenvalue weighted by molar-refractivity contribution is 7.91. The minimum Gasteiger partial charge on any atom is -0.464 e. The van der Waals surface area contributed by atoms with Crippen molar-refractivity contribution < 1.29 is 12.8 Å². The van der Waals surface area contributed by atoms with Crippen LogP contribution in [-0.2, 0) is 16.6 Å². The highest BCUT2D eigenvalue weighted by Crippen LogP contribution is 2.47. The van der Waals surface area contributed by atoms with Crippen LogP contribution in [0.25, 0.3) is 0 Å². The molecule has 3 rings (SSSR count). The van der Waals surface area contributed by atoms with Crippen molar-refractivity contribution >= 4 is 21.4 Å². The van der Waals surface area contributed by atoms with Gasteiger partial charge in [0.15, 0.2) is 0 Å². The third-order valence-corrected chi connectivity index (χ3v) is 6.87. The van der Waals surface area contributed by atoms with Gasteiger partial charge >= 0.3 is 0 Å². The maximum atomic E-state index is 12.3. The molecule has 0 radical (unpaired) electrons. The fraction of sp³-hybridized carbons (Fsp3) is 0.429. The smallest absolute Gasteiger partial charge is 0.252 e. The van der Waals surface area contributed by atoms with E-state index in [0.29, 0.717) is 21.8 Å². The molecule has 0 spiro atoms. The molecule has 0 bridgehead atoms. The van der Waals surface area contributed by atoms with Gasteiger partial charge in [0.1, 0.15) is 15.7 Å². The van der Waals surface area contributed by atoms with Gasteiger partial charge < -0.3 is 4.42 Å². The zero-order valence-corrected chi connectivity index (χ0v) is 13.1. The molecule has 1 aliphatic carbocycles. The second kappa shape index (κ2) is 5.02. The second-order valence-electron chi connectivity index (χ2n) is 5.32. The number of nitrogens with zero attached hydrogens (tertiary/aromatic N) is 1. The zero-order chi connectivity index (χ0) is 14.3. The highest BCUT2D eigenvalue weighted by Gasteiger charge is 2.36. The fourth-order valence-corrected chi connectivity index (χ4v) is 4.60. The Kier molecular flexibility index (Phi) is 3.48. The summed E-state index contributed by atoms with van der Waals surface area (Å²) < 4.78 is 32.0. The van der Waals surface area contributed by atoms with Gasteiger partial charge in [-0.1, -0.05) is 13.0 Å². The van der Waals surface area contributed by atoms with Crippen molar-refractivity contribution in [2.45, 2.75) is 30.0 Å². The molecule has 0 unspecified atom stereocenters. The second-order valence-corrected chi connectivity index (χ2v) is 8.54. The number of furan rings is 1. The Labute approximate surface area is 123 Å². The van der Waals surface area contributed by atoms with E-state index in [0.717, 1.165) is 12.2 Å². The van der Waals surface area contributed by atoms with Crippen molar-refractivity contribution in [3.63, 3.8) is 0 Å². The SMILES string of the molecule is C[C@@H]1C[C@@H]1c1ccc(CN(C)S(=O)(=O)c2cccs2)o1. The minimum atomic E-state index is -3.41. The fourth-order valence-electron chi connectivity index (χ4n) is 2.27. The normalized spacial score (nSPS) is 22.4. The van der Waals surface area contributed by atoms with Crippen LogP contribution in [0.2, 0.25) is 0 Å². The third-order valence-electron chi connectivity index (χ3n) is 3.70. The lowest BCUT2D eigenvalue weighted by molar-refractivity contribution is 0.390. The van der Waals surface area contributed by atoms with Crippen molar-refractivity contribution in [2.75, 3.05) is 7.05 Å². The van der Waals surface area contributed by atoms with Crippen molar-refractivity contribution in [1.82, 2.24) is 4.31 Å². The van der Waals surface area contributed by atoms with Gasteiger partial charge in [-0.25, -0.2) is 8.42 Å². The van der Waals surface area contributed by atoms with Gasteiger partial charge in [-0.15, -0.1) is 11.3 Å². The van der Waals surface area contributed by atoms with Gasteiger partial charge in [0.05, 0.1) is 6.54 Å². The van der Waals surface area contributed by atoms with Crippen LogP contribution < -0.4 is 0 Å². The van der Waals surface area contributed by atoms with Crippen LogP contribution in [0.15, 0.2) is 38.3 Å². The largest absolute Gasteiger partial charge is 0.464 e. The van der Waals surface area contributed by atoms with Crippen molar-refractivity contribution in [2.24, 2.45) is 5.92 Å². The summed E-state index contributed by atoms with van der Waals surface area (Å²) in [6.45, 7) is 2.46. The summed E-state index contributed by atoms with van der Waals surface area (Å²) in [6.07, 6.45) is 1.16. The quantitative estimate of drug-likeness (QED) is 0.851. The minimum absolute atomic E-state index is 0.265. The van der Waals surface area contributed by atoms with Gasteiger partial charge in [-0.3, -0.25) is 0 Å². The number of sulfonamides is 1. The van der Waals surface area contributed by atoms with E-state index < -0.39 is 10.0 Å². The number of thiophene rings is 1. The van der Waals surface area contributed by atoms with Crippen molar-refractivity contribution in [1.29, 1.82) is 0 Å². The summed E-state index contributed by atoms with van der Waals surface area (Å²) in [5, 5.41) is 1.76. The van der Waals surface area contributed by atoms with Crippen LogP contribution in [0, 0.1) is 5.92 Å². The molecule has 0 amide bonds. The number of rotatable bonds is 5. The molecule has 2 aromatic heterocycles. The molecule has 6 heteroatoms. The molecule has 4 nitrogen and oxygen atoms in total. The summed E-state index contributed by atoms with van der Waals surface area (Å²) in [5.74, 6) is 2.88. The average Bonchev–Trinajstić information content (AvgIpc) is 2.90. The standard InChI is InChI=1S/C14H17NO3S2/c1-10-8-12(10)13-6-5-11(18-13)9-15(2)20(16,17)14-4-3-7-19-14/h3-7,10,12H,8-9H2,1-2H3/t10-,12+/m1/s1. The summed E-state index contributed by atoms with van der Waals surface area (Å²) in [6, 6.07) is 7.21. The maximum absolute atomic E-state index is 12.3. The third kappa shape index (κ3) is 2.55. The molecule has 0 N–H and O–H groups in total. The monoisotopic (exact) mass is 311 g/mol. The van der Waals surface area contributed by atoms with E-state index in [-0.39, 0.29) is 6.54 Å². The summed E-state index contributed by atoms with van der Waals surface area (Å²) in [7, 11) is -1.83. The Bertz CT molecular complexity index is 688. The first-order chi connectivity index (χ1) is 9.48. The summed E-state index contributed by atoms with van der Waals surface area (Å²) in [5.41, 5.74) is 0. The lowest BCUT2D eigenvalue weighted by Gasteiger charge is -2.14. The Hall–Kier alpha value is -1.11. The van der Waals surface area contributed by atoms with E-state index in [4.69, 9.17) is 4.42 Å². The molecule has 1 fully saturated rings. The van der Waals surface area contributed by atoms with Gasteiger partial charge in [0.25, 0.3) is 10.0 Å². The molecule has 1 aliphatic rings. The Morgan fingerprint density at radius 1 is 1.40 bits per heavy atom. The molecular formula is C14H17NO3S2. The van der Waals surface area contributed by atoms with E-state index in [2.05, 4.69) is 6.92 Å². The number of hydrogen-bond acceptors (Lipinski definition) is 4. The van der Waals surface area contributed by atoms with Gasteiger partial charge in [-0.05, 0) is 35.9 Å². The predicted octanol–water partition coefficient (Wildman–Crippen LogP) is 3.29. The molecule has 1 saturated carbocycles. The molecule has 0 saturated heterocycles. The van der Waals surface area contributed by atoms with Crippen LogP contribution in [0.4, 0.5) is 0 Å².